The van der Waals surface area contributed by atoms with Gasteiger partial charge in [-0.25, -0.2) is 21.9 Å². The summed E-state index contributed by atoms with van der Waals surface area (Å²) in [6, 6.07) is 1.60. The lowest BCUT2D eigenvalue weighted by atomic mass is 10.3. The zero-order valence-corrected chi connectivity index (χ0v) is 10.8. The Kier molecular flexibility index (Phi) is 4.42. The third-order valence-corrected chi connectivity index (χ3v) is 3.51. The van der Waals surface area contributed by atoms with Crippen molar-refractivity contribution < 1.29 is 17.2 Å². The molecule has 100 valence electrons. The number of nitrogens with two attached hydrogens (primary N) is 1. The third kappa shape index (κ3) is 3.51. The van der Waals surface area contributed by atoms with Crippen molar-refractivity contribution >= 4 is 15.7 Å². The van der Waals surface area contributed by atoms with E-state index < -0.39 is 26.6 Å². The number of rotatable bonds is 4. The number of halogens is 2. The van der Waals surface area contributed by atoms with Crippen LogP contribution in [0.3, 0.4) is 0 Å². The topological polar surface area (TPSA) is 72.2 Å². The molecule has 0 bridgehead atoms. The van der Waals surface area contributed by atoms with Gasteiger partial charge < -0.3 is 5.73 Å². The summed E-state index contributed by atoms with van der Waals surface area (Å²) < 4.78 is 52.1. The van der Waals surface area contributed by atoms with E-state index >= 15 is 0 Å². The van der Waals surface area contributed by atoms with Gasteiger partial charge >= 0.3 is 0 Å². The first kappa shape index (κ1) is 14.6. The minimum absolute atomic E-state index is 0.000521. The van der Waals surface area contributed by atoms with Crippen LogP contribution in [0.2, 0.25) is 0 Å². The van der Waals surface area contributed by atoms with Crippen molar-refractivity contribution in [2.45, 2.75) is 18.7 Å². The van der Waals surface area contributed by atoms with Gasteiger partial charge in [0.15, 0.2) is 11.6 Å². The van der Waals surface area contributed by atoms with Crippen LogP contribution in [0.1, 0.15) is 13.8 Å². The number of sulfonamides is 1. The lowest BCUT2D eigenvalue weighted by molar-refractivity contribution is 0.484. The number of hydrogen-bond donors (Lipinski definition) is 2. The molecule has 0 saturated carbocycles. The normalized spacial score (nSPS) is 11.3. The SMILES string of the molecule is CC(C)=CCNS(=O)(=O)c1cc(N)cc(F)c1F. The number of nitrogens with one attached hydrogen (secondary N) is 1. The number of benzene rings is 1. The van der Waals surface area contributed by atoms with Gasteiger partial charge in [-0.3, -0.25) is 0 Å². The molecule has 0 fully saturated rings. The molecule has 0 unspecified atom stereocenters. The second-order valence-corrected chi connectivity index (χ2v) is 5.68. The molecule has 0 aliphatic heterocycles. The molecule has 0 aromatic heterocycles. The first-order chi connectivity index (χ1) is 8.24. The maximum atomic E-state index is 13.4. The van der Waals surface area contributed by atoms with E-state index in [2.05, 4.69) is 4.72 Å². The molecule has 1 aromatic carbocycles. The minimum Gasteiger partial charge on any atom is -0.399 e. The smallest absolute Gasteiger partial charge is 0.243 e. The predicted octanol–water partition coefficient (Wildman–Crippen LogP) is 1.79. The molecule has 1 aromatic rings. The maximum absolute atomic E-state index is 13.4. The fraction of sp³-hybridized carbons (Fsp3) is 0.273. The van der Waals surface area contributed by atoms with Gasteiger partial charge in [-0.05, 0) is 26.0 Å². The molecule has 0 aliphatic carbocycles. The monoisotopic (exact) mass is 276 g/mol. The van der Waals surface area contributed by atoms with Crippen molar-refractivity contribution in [3.63, 3.8) is 0 Å². The van der Waals surface area contributed by atoms with E-state index in [4.69, 9.17) is 5.73 Å². The van der Waals surface area contributed by atoms with Crippen molar-refractivity contribution in [1.29, 1.82) is 0 Å². The summed E-state index contributed by atoms with van der Waals surface area (Å²) in [4.78, 5) is -0.790. The van der Waals surface area contributed by atoms with Crippen LogP contribution in [-0.4, -0.2) is 15.0 Å². The van der Waals surface area contributed by atoms with E-state index in [1.54, 1.807) is 19.9 Å². The summed E-state index contributed by atoms with van der Waals surface area (Å²) >= 11 is 0. The summed E-state index contributed by atoms with van der Waals surface area (Å²) in [5.74, 6) is -2.73. The van der Waals surface area contributed by atoms with E-state index in [1.165, 1.54) is 0 Å². The van der Waals surface area contributed by atoms with Gasteiger partial charge in [0, 0.05) is 12.2 Å². The van der Waals surface area contributed by atoms with Gasteiger partial charge in [0.2, 0.25) is 10.0 Å². The Hall–Kier alpha value is -1.47. The number of nitrogen functional groups attached to an aromatic ring is 1. The van der Waals surface area contributed by atoms with Crippen molar-refractivity contribution in [1.82, 2.24) is 4.72 Å². The maximum Gasteiger partial charge on any atom is 0.243 e. The first-order valence-corrected chi connectivity index (χ1v) is 6.60. The molecule has 18 heavy (non-hydrogen) atoms. The minimum atomic E-state index is -4.12. The second-order valence-electron chi connectivity index (χ2n) is 3.95. The van der Waals surface area contributed by atoms with Crippen LogP contribution in [-0.2, 0) is 10.0 Å². The molecule has 0 amide bonds. The van der Waals surface area contributed by atoms with Crippen molar-refractivity contribution in [2.24, 2.45) is 0 Å². The Bertz CT molecular complexity index is 579. The van der Waals surface area contributed by atoms with Crippen LogP contribution in [0.4, 0.5) is 14.5 Å². The summed E-state index contributed by atoms with van der Waals surface area (Å²) in [6.07, 6.45) is 1.61. The van der Waals surface area contributed by atoms with Gasteiger partial charge in [-0.1, -0.05) is 11.6 Å². The van der Waals surface area contributed by atoms with Crippen LogP contribution in [0.5, 0.6) is 0 Å². The fourth-order valence-electron chi connectivity index (χ4n) is 1.21. The van der Waals surface area contributed by atoms with Crippen LogP contribution in [0, 0.1) is 11.6 Å². The average molecular weight is 276 g/mol. The van der Waals surface area contributed by atoms with E-state index in [-0.39, 0.29) is 12.2 Å². The van der Waals surface area contributed by atoms with Gasteiger partial charge in [0.25, 0.3) is 0 Å². The Morgan fingerprint density at radius 1 is 1.39 bits per heavy atom. The Morgan fingerprint density at radius 3 is 2.56 bits per heavy atom. The van der Waals surface area contributed by atoms with E-state index in [9.17, 15) is 17.2 Å². The summed E-state index contributed by atoms with van der Waals surface area (Å²) in [5.41, 5.74) is 6.03. The largest absolute Gasteiger partial charge is 0.399 e. The van der Waals surface area contributed by atoms with Gasteiger partial charge in [-0.15, -0.1) is 0 Å². The standard InChI is InChI=1S/C11H14F2N2O2S/c1-7(2)3-4-15-18(16,17)10-6-8(14)5-9(12)11(10)13/h3,5-6,15H,4,14H2,1-2H3. The molecule has 0 atom stereocenters. The van der Waals surface area contributed by atoms with Gasteiger partial charge in [-0.2, -0.15) is 0 Å². The molecule has 0 spiro atoms. The van der Waals surface area contributed by atoms with Crippen LogP contribution in [0.25, 0.3) is 0 Å². The lowest BCUT2D eigenvalue weighted by Crippen LogP contribution is -2.25. The molecule has 3 N–H and O–H groups in total. The highest BCUT2D eigenvalue weighted by Gasteiger charge is 2.21. The first-order valence-electron chi connectivity index (χ1n) is 5.11. The summed E-state index contributed by atoms with van der Waals surface area (Å²) in [5, 5.41) is 0. The summed E-state index contributed by atoms with van der Waals surface area (Å²) in [7, 11) is -4.12. The quantitative estimate of drug-likeness (QED) is 0.650. The second kappa shape index (κ2) is 5.45. The zero-order chi connectivity index (χ0) is 13.9. The van der Waals surface area contributed by atoms with E-state index in [0.29, 0.717) is 0 Å². The number of anilines is 1. The fourth-order valence-corrected chi connectivity index (χ4v) is 2.30. The number of allylic oxidation sites excluding steroid dienone is 1. The van der Waals surface area contributed by atoms with E-state index in [0.717, 1.165) is 17.7 Å². The molecule has 0 heterocycles. The van der Waals surface area contributed by atoms with Crippen molar-refractivity contribution in [3.05, 3.63) is 35.4 Å². The van der Waals surface area contributed by atoms with Crippen LogP contribution >= 0.6 is 0 Å². The molecule has 0 saturated heterocycles. The molecule has 0 radical (unpaired) electrons. The highest BCUT2D eigenvalue weighted by molar-refractivity contribution is 7.89. The van der Waals surface area contributed by atoms with E-state index in [1.807, 2.05) is 0 Å². The average Bonchev–Trinajstić information content (AvgIpc) is 2.22. The Labute approximate surface area is 105 Å². The highest BCUT2D eigenvalue weighted by atomic mass is 32.2. The van der Waals surface area contributed by atoms with Crippen LogP contribution in [0.15, 0.2) is 28.7 Å². The molecular formula is C11H14F2N2O2S. The van der Waals surface area contributed by atoms with Crippen molar-refractivity contribution in [3.8, 4) is 0 Å². The molecule has 4 nitrogen and oxygen atoms in total. The zero-order valence-electron chi connectivity index (χ0n) is 10.00. The molecule has 1 rings (SSSR count). The molecule has 0 aliphatic rings. The van der Waals surface area contributed by atoms with Gasteiger partial charge in [0.05, 0.1) is 0 Å². The summed E-state index contributed by atoms with van der Waals surface area (Å²) in [6.45, 7) is 3.57. The third-order valence-electron chi connectivity index (χ3n) is 2.09. The highest BCUT2D eigenvalue weighted by Crippen LogP contribution is 2.20. The molecular weight excluding hydrogens is 262 g/mol. The predicted molar refractivity (Wildman–Crippen MR) is 65.4 cm³/mol. The Balaban J connectivity index is 3.09. The number of hydrogen-bond acceptors (Lipinski definition) is 3. The van der Waals surface area contributed by atoms with Gasteiger partial charge in [0.1, 0.15) is 4.90 Å². The lowest BCUT2D eigenvalue weighted by Gasteiger charge is -2.07. The van der Waals surface area contributed by atoms with Crippen molar-refractivity contribution in [2.75, 3.05) is 12.3 Å². The van der Waals surface area contributed by atoms with Crippen LogP contribution < -0.4 is 10.5 Å². The Morgan fingerprint density at radius 2 is 2.00 bits per heavy atom. The molecule has 7 heteroatoms.